The molecule has 7 atom stereocenters. The highest BCUT2D eigenvalue weighted by Gasteiger charge is 2.48. The van der Waals surface area contributed by atoms with Gasteiger partial charge in [0.2, 0.25) is 0 Å². The summed E-state index contributed by atoms with van der Waals surface area (Å²) in [5, 5.41) is 82.7. The van der Waals surface area contributed by atoms with Crippen molar-refractivity contribution in [1.29, 1.82) is 0 Å². The van der Waals surface area contributed by atoms with Gasteiger partial charge in [-0.15, -0.1) is 0 Å². The molecule has 3 aliphatic rings. The average molecular weight is 535 g/mol. The van der Waals surface area contributed by atoms with E-state index in [1.807, 2.05) is 0 Å². The van der Waals surface area contributed by atoms with Gasteiger partial charge in [-0.3, -0.25) is 4.79 Å². The summed E-state index contributed by atoms with van der Waals surface area (Å²) >= 11 is 0. The second-order valence-corrected chi connectivity index (χ2v) is 10.5. The van der Waals surface area contributed by atoms with Gasteiger partial charge < -0.3 is 55.1 Å². The maximum Gasteiger partial charge on any atom is 0.181 e. The quantitative estimate of drug-likeness (QED) is 0.256. The van der Waals surface area contributed by atoms with E-state index < -0.39 is 72.0 Å². The Morgan fingerprint density at radius 1 is 0.974 bits per heavy atom. The van der Waals surface area contributed by atoms with E-state index in [9.17, 15) is 45.6 Å². The molecular formula is C26H30O12. The summed E-state index contributed by atoms with van der Waals surface area (Å²) in [6.45, 7) is 2.18. The number of ether oxygens (including phenoxy) is 3. The molecule has 0 aliphatic carbocycles. The molecule has 7 unspecified atom stereocenters. The molecule has 0 radical (unpaired) electrons. The summed E-state index contributed by atoms with van der Waals surface area (Å²) in [5.74, 6) is -3.11. The van der Waals surface area contributed by atoms with Crippen LogP contribution in [-0.2, 0) is 11.2 Å². The highest BCUT2D eigenvalue weighted by Crippen LogP contribution is 2.50. The minimum atomic E-state index is -1.77. The minimum absolute atomic E-state index is 0.210. The number of carbonyl (C=O) groups is 1. The van der Waals surface area contributed by atoms with E-state index in [1.54, 1.807) is 19.9 Å². The largest absolute Gasteiger partial charge is 0.508 e. The molecule has 0 spiro atoms. The minimum Gasteiger partial charge on any atom is -0.508 e. The van der Waals surface area contributed by atoms with Crippen molar-refractivity contribution in [2.75, 3.05) is 13.2 Å². The average Bonchev–Trinajstić information content (AvgIpc) is 3.27. The number of hydrogen-bond acceptors (Lipinski definition) is 12. The number of fused-ring (bicyclic) bond motifs is 2. The van der Waals surface area contributed by atoms with E-state index in [1.165, 1.54) is 6.07 Å². The summed E-state index contributed by atoms with van der Waals surface area (Å²) in [4.78, 5) is 13.6. The monoisotopic (exact) mass is 534 g/mol. The van der Waals surface area contributed by atoms with Crippen molar-refractivity contribution < 1.29 is 59.9 Å². The summed E-state index contributed by atoms with van der Waals surface area (Å²) < 4.78 is 17.1. The van der Waals surface area contributed by atoms with Crippen molar-refractivity contribution >= 4 is 5.78 Å². The first kappa shape index (κ1) is 26.5. The molecule has 206 valence electrons. The van der Waals surface area contributed by atoms with Gasteiger partial charge in [0.05, 0.1) is 23.7 Å². The molecule has 12 nitrogen and oxygen atoms in total. The van der Waals surface area contributed by atoms with Crippen molar-refractivity contribution in [3.8, 4) is 28.7 Å². The van der Waals surface area contributed by atoms with Gasteiger partial charge in [-0.1, -0.05) is 0 Å². The fraction of sp³-hybridized carbons (Fsp3) is 0.500. The molecule has 3 heterocycles. The number of rotatable bonds is 4. The van der Waals surface area contributed by atoms with Crippen molar-refractivity contribution in [2.45, 2.75) is 68.4 Å². The molecule has 0 amide bonds. The maximum absolute atomic E-state index is 13.6. The van der Waals surface area contributed by atoms with E-state index in [-0.39, 0.29) is 34.8 Å². The molecule has 1 saturated heterocycles. The molecule has 5 rings (SSSR count). The van der Waals surface area contributed by atoms with Gasteiger partial charge in [-0.2, -0.15) is 0 Å². The van der Waals surface area contributed by atoms with Crippen LogP contribution in [0.25, 0.3) is 0 Å². The van der Waals surface area contributed by atoms with Crippen LogP contribution < -0.4 is 9.47 Å². The Morgan fingerprint density at radius 2 is 1.68 bits per heavy atom. The normalized spacial score (nSPS) is 30.8. The van der Waals surface area contributed by atoms with E-state index in [0.29, 0.717) is 17.7 Å². The number of carbonyl (C=O) groups excluding carboxylic acids is 1. The van der Waals surface area contributed by atoms with Gasteiger partial charge in [0, 0.05) is 24.1 Å². The lowest BCUT2D eigenvalue weighted by molar-refractivity contribution is -0.232. The molecule has 2 aromatic carbocycles. The van der Waals surface area contributed by atoms with Gasteiger partial charge in [-0.05, 0) is 25.5 Å². The van der Waals surface area contributed by atoms with Gasteiger partial charge in [0.1, 0.15) is 77.5 Å². The number of Topliss-reactive ketones (excluding diaryl/α,β-unsaturated/α-hetero) is 1. The van der Waals surface area contributed by atoms with Crippen LogP contribution in [0.3, 0.4) is 0 Å². The Labute approximate surface area is 216 Å². The molecule has 0 saturated carbocycles. The van der Waals surface area contributed by atoms with Crippen molar-refractivity contribution in [3.63, 3.8) is 0 Å². The predicted octanol–water partition coefficient (Wildman–Crippen LogP) is -0.248. The van der Waals surface area contributed by atoms with E-state index in [0.717, 1.165) is 6.07 Å². The first-order chi connectivity index (χ1) is 17.8. The zero-order chi connectivity index (χ0) is 27.7. The maximum atomic E-state index is 13.6. The number of aliphatic hydroxyl groups is 5. The van der Waals surface area contributed by atoms with Crippen LogP contribution in [0.2, 0.25) is 0 Å². The van der Waals surface area contributed by atoms with Gasteiger partial charge in [0.25, 0.3) is 0 Å². The van der Waals surface area contributed by atoms with E-state index in [4.69, 9.17) is 14.2 Å². The second kappa shape index (κ2) is 9.26. The number of phenols is 3. The third-order valence-electron chi connectivity index (χ3n) is 7.46. The van der Waals surface area contributed by atoms with Crippen LogP contribution in [0.4, 0.5) is 0 Å². The van der Waals surface area contributed by atoms with Crippen molar-refractivity contribution in [3.05, 3.63) is 40.5 Å². The molecule has 0 bridgehead atoms. The first-order valence-corrected chi connectivity index (χ1v) is 12.1. The Hall–Kier alpha value is -3.13. The van der Waals surface area contributed by atoms with Gasteiger partial charge >= 0.3 is 0 Å². The van der Waals surface area contributed by atoms with E-state index in [2.05, 4.69) is 0 Å². The number of ketones is 1. The fourth-order valence-electron chi connectivity index (χ4n) is 5.27. The molecule has 3 aliphatic heterocycles. The summed E-state index contributed by atoms with van der Waals surface area (Å²) in [6.07, 6.45) is -8.19. The Balaban J connectivity index is 1.52. The summed E-state index contributed by atoms with van der Waals surface area (Å²) in [5.41, 5.74) is -0.856. The Morgan fingerprint density at radius 3 is 2.34 bits per heavy atom. The third-order valence-corrected chi connectivity index (χ3v) is 7.46. The van der Waals surface area contributed by atoms with E-state index >= 15 is 0 Å². The number of hydrogen-bond donors (Lipinski definition) is 8. The smallest absolute Gasteiger partial charge is 0.181 e. The topological polar surface area (TPSA) is 207 Å². The molecule has 12 heteroatoms. The van der Waals surface area contributed by atoms with Crippen LogP contribution in [0.1, 0.15) is 52.9 Å². The summed E-state index contributed by atoms with van der Waals surface area (Å²) in [6, 6.07) is 3.81. The van der Waals surface area contributed by atoms with Crippen LogP contribution in [0, 0.1) is 0 Å². The van der Waals surface area contributed by atoms with Crippen molar-refractivity contribution in [1.82, 2.24) is 0 Å². The number of benzene rings is 2. The zero-order valence-corrected chi connectivity index (χ0v) is 20.6. The highest BCUT2D eigenvalue weighted by molar-refractivity contribution is 6.07. The lowest BCUT2D eigenvalue weighted by Crippen LogP contribution is -2.55. The van der Waals surface area contributed by atoms with Crippen LogP contribution in [-0.4, -0.2) is 96.0 Å². The fourth-order valence-corrected chi connectivity index (χ4v) is 5.27. The lowest BCUT2D eigenvalue weighted by atomic mass is 9.83. The Bertz CT molecular complexity index is 1270. The van der Waals surface area contributed by atoms with Crippen LogP contribution in [0.15, 0.2) is 18.2 Å². The molecular weight excluding hydrogens is 504 g/mol. The standard InChI is InChI=1S/C26H30O12/c1-26(2,35)17-4-9-3-10(12(28)6-15(9)37-17)11-8-36-24-18(20(11)31)13(29)5-14(30)19(24)25-23(34)22(33)21(32)16(7-27)38-25/h3,5-6,11,16-17,21-23,25,27-30,32-35H,4,7-8H2,1-2H3. The van der Waals surface area contributed by atoms with Crippen LogP contribution in [0.5, 0.6) is 28.7 Å². The molecule has 0 aromatic heterocycles. The Kier molecular flexibility index (Phi) is 6.45. The van der Waals surface area contributed by atoms with Gasteiger partial charge in [-0.25, -0.2) is 0 Å². The predicted molar refractivity (Wildman–Crippen MR) is 128 cm³/mol. The molecule has 8 N–H and O–H groups in total. The second-order valence-electron chi connectivity index (χ2n) is 10.5. The molecule has 38 heavy (non-hydrogen) atoms. The van der Waals surface area contributed by atoms with Crippen molar-refractivity contribution in [2.24, 2.45) is 0 Å². The first-order valence-electron chi connectivity index (χ1n) is 12.1. The number of aromatic hydroxyl groups is 3. The molecule has 2 aromatic rings. The summed E-state index contributed by atoms with van der Waals surface area (Å²) in [7, 11) is 0. The SMILES string of the molecule is CC(C)(O)C1Cc2cc(C3COc4c(c(O)cc(O)c4C4OC(CO)C(O)C(O)C4O)C3=O)c(O)cc2O1. The number of aliphatic hydroxyl groups excluding tert-OH is 4. The van der Waals surface area contributed by atoms with Crippen LogP contribution >= 0.6 is 0 Å². The zero-order valence-electron chi connectivity index (χ0n) is 20.6. The van der Waals surface area contributed by atoms with Gasteiger partial charge in [0.15, 0.2) is 5.78 Å². The number of phenolic OH excluding ortho intramolecular Hbond substituents is 3. The third kappa shape index (κ3) is 4.13. The highest BCUT2D eigenvalue weighted by atomic mass is 16.5. The molecule has 1 fully saturated rings. The lowest BCUT2D eigenvalue weighted by Gasteiger charge is -2.41.